The molecule has 0 fully saturated rings. The lowest BCUT2D eigenvalue weighted by molar-refractivity contribution is -0.131. The van der Waals surface area contributed by atoms with Gasteiger partial charge in [-0.3, -0.25) is 24.2 Å². The molecule has 12 N–H and O–H groups in total. The number of aliphatic imine (C=N–C) groups is 1. The fraction of sp³-hybridized carbons (Fsp3) is 0.562. The molecule has 1 aromatic heterocycles. The van der Waals surface area contributed by atoms with Crippen LogP contribution >= 0.6 is 12.2 Å². The largest absolute Gasteiger partial charge is 0.370 e. The van der Waals surface area contributed by atoms with Gasteiger partial charge in [-0.05, 0) is 78.2 Å². The molecule has 0 aliphatic carbocycles. The van der Waals surface area contributed by atoms with E-state index in [1.54, 1.807) is 0 Å². The van der Waals surface area contributed by atoms with E-state index in [1.165, 1.54) is 12.5 Å². The van der Waals surface area contributed by atoms with Crippen molar-refractivity contribution in [2.45, 2.75) is 85.7 Å². The maximum absolute atomic E-state index is 12.4. The van der Waals surface area contributed by atoms with Crippen LogP contribution in [0.4, 0.5) is 0 Å². The van der Waals surface area contributed by atoms with Crippen molar-refractivity contribution >= 4 is 41.7 Å². The molecule has 0 radical (unpaired) electrons. The van der Waals surface area contributed by atoms with Crippen LogP contribution in [0.25, 0.3) is 0 Å². The molecule has 14 nitrogen and oxygen atoms in total. The number of carbonyl (C=O) groups excluding carboxylic acids is 4. The van der Waals surface area contributed by atoms with Gasteiger partial charge in [0.15, 0.2) is 10.7 Å². The number of hydrogen-bond donors (Lipinski definition) is 9. The van der Waals surface area contributed by atoms with Crippen LogP contribution in [0.5, 0.6) is 0 Å². The van der Waals surface area contributed by atoms with Crippen molar-refractivity contribution in [3.63, 3.8) is 0 Å². The Morgan fingerprint density at radius 1 is 0.915 bits per heavy atom. The summed E-state index contributed by atoms with van der Waals surface area (Å²) in [6, 6.07) is 8.96. The van der Waals surface area contributed by atoms with E-state index >= 15 is 0 Å². The van der Waals surface area contributed by atoms with Gasteiger partial charge in [0.05, 0.1) is 19.1 Å². The highest BCUT2D eigenvalue weighted by molar-refractivity contribution is 7.71. The number of imidazole rings is 1. The average molecular weight is 679 g/mol. The molecule has 3 amide bonds. The zero-order valence-corrected chi connectivity index (χ0v) is 29.7. The summed E-state index contributed by atoms with van der Waals surface area (Å²) in [7, 11) is 0. The monoisotopic (exact) mass is 678 g/mol. The Hall–Kier alpha value is -4.08. The fourth-order valence-corrected chi connectivity index (χ4v) is 3.89. The third-order valence-corrected chi connectivity index (χ3v) is 6.14. The van der Waals surface area contributed by atoms with Gasteiger partial charge in [0.2, 0.25) is 17.7 Å². The second-order valence-corrected chi connectivity index (χ2v) is 10.6. The molecule has 0 bridgehead atoms. The SMILES string of the molecule is CC.CCNC(CCCN=C(N)N)C(=O)NCC(=O)NC(CCCCN)C(=O)NCC(C)=O.Cc1c[nH]c(=S)[nH]1.Cc1ccccc1. The Morgan fingerprint density at radius 3 is 1.96 bits per heavy atom. The molecule has 15 heteroatoms. The van der Waals surface area contributed by atoms with Gasteiger partial charge in [-0.15, -0.1) is 0 Å². The fourth-order valence-electron chi connectivity index (χ4n) is 3.67. The normalized spacial score (nSPS) is 11.0. The van der Waals surface area contributed by atoms with Crippen LogP contribution in [0.15, 0.2) is 41.5 Å². The first-order chi connectivity index (χ1) is 22.4. The number of guanidine groups is 1. The number of benzene rings is 1. The molecule has 0 aliphatic heterocycles. The second kappa shape index (κ2) is 29.3. The van der Waals surface area contributed by atoms with Gasteiger partial charge in [0.25, 0.3) is 0 Å². The predicted octanol–water partition coefficient (Wildman–Crippen LogP) is 1.86. The number of aromatic nitrogens is 2. The number of amides is 3. The number of carbonyl (C=O) groups is 4. The summed E-state index contributed by atoms with van der Waals surface area (Å²) in [5.74, 6) is -1.48. The predicted molar refractivity (Wildman–Crippen MR) is 192 cm³/mol. The van der Waals surface area contributed by atoms with E-state index < -0.39 is 23.9 Å². The van der Waals surface area contributed by atoms with Crippen LogP contribution in [0.1, 0.15) is 71.1 Å². The summed E-state index contributed by atoms with van der Waals surface area (Å²) in [6.07, 6.45) is 4.64. The zero-order chi connectivity index (χ0) is 36.0. The molecule has 1 heterocycles. The molecule has 0 spiro atoms. The Labute approximate surface area is 284 Å². The molecule has 266 valence electrons. The number of nitrogens with two attached hydrogens (primary N) is 3. The Bertz CT molecular complexity index is 1210. The first kappa shape index (κ1) is 45.0. The molecule has 0 saturated heterocycles. The molecular weight excluding hydrogens is 620 g/mol. The number of nitrogens with one attached hydrogen (secondary N) is 6. The molecular formula is C32H58N10O4S. The van der Waals surface area contributed by atoms with Crippen LogP contribution in [0.3, 0.4) is 0 Å². The number of hydrogen-bond acceptors (Lipinski definition) is 8. The highest BCUT2D eigenvalue weighted by Gasteiger charge is 2.22. The Balaban J connectivity index is 0. The number of rotatable bonds is 17. The van der Waals surface area contributed by atoms with Gasteiger partial charge in [-0.1, -0.05) is 56.7 Å². The number of aromatic amines is 2. The summed E-state index contributed by atoms with van der Waals surface area (Å²) in [6.45, 7) is 12.3. The number of aryl methyl sites for hydroxylation is 2. The summed E-state index contributed by atoms with van der Waals surface area (Å²) in [5.41, 5.74) is 18.4. The molecule has 1 aromatic carbocycles. The molecule has 0 aliphatic rings. The van der Waals surface area contributed by atoms with Crippen molar-refractivity contribution in [3.05, 3.63) is 52.6 Å². The van der Waals surface area contributed by atoms with Crippen molar-refractivity contribution in [1.82, 2.24) is 31.2 Å². The maximum atomic E-state index is 12.4. The minimum atomic E-state index is -0.806. The van der Waals surface area contributed by atoms with E-state index in [0.717, 1.165) is 5.69 Å². The van der Waals surface area contributed by atoms with Crippen LogP contribution in [0.2, 0.25) is 0 Å². The standard InChI is InChI=1S/C19H38N8O4.C7H8.C4H6N2S.C2H6/c1-3-23-14(8-6-10-24-19(21)22)17(30)26-12-16(29)27-15(7-4-5-9-20)18(31)25-11-13(2)28;1-7-5-3-2-4-6-7;1-3-2-5-4(7)6-3;1-2/h14-15,23H,3-12,20H2,1-2H3,(H,25,31)(H,26,30)(H,27,29)(H4,21,22,24);2-6H,1H3;2H,1H3,(H2,5,6,7);1-2H3. The van der Waals surface area contributed by atoms with Gasteiger partial charge < -0.3 is 48.4 Å². The average Bonchev–Trinajstić information content (AvgIpc) is 3.43. The minimum absolute atomic E-state index is 0.00511. The molecule has 0 saturated carbocycles. The van der Waals surface area contributed by atoms with Crippen LogP contribution in [0, 0.1) is 18.6 Å². The second-order valence-electron chi connectivity index (χ2n) is 10.2. The topological polar surface area (TPSA) is 238 Å². The van der Waals surface area contributed by atoms with Gasteiger partial charge in [-0.2, -0.15) is 0 Å². The zero-order valence-electron chi connectivity index (χ0n) is 28.9. The van der Waals surface area contributed by atoms with Gasteiger partial charge in [0, 0.05) is 18.4 Å². The number of ketones is 1. The highest BCUT2D eigenvalue weighted by Crippen LogP contribution is 2.02. The van der Waals surface area contributed by atoms with E-state index in [2.05, 4.69) is 55.3 Å². The summed E-state index contributed by atoms with van der Waals surface area (Å²) < 4.78 is 0.692. The van der Waals surface area contributed by atoms with E-state index in [9.17, 15) is 19.2 Å². The third-order valence-electron chi connectivity index (χ3n) is 5.92. The molecule has 2 aromatic rings. The van der Waals surface area contributed by atoms with Gasteiger partial charge in [0.1, 0.15) is 11.8 Å². The van der Waals surface area contributed by atoms with Crippen LogP contribution in [-0.2, 0) is 19.2 Å². The first-order valence-electron chi connectivity index (χ1n) is 16.0. The van der Waals surface area contributed by atoms with Crippen LogP contribution in [-0.4, -0.2) is 84.2 Å². The number of Topliss-reactive ketones (excluding diaryl/α,β-unsaturated/α-hetero) is 1. The lowest BCUT2D eigenvalue weighted by Crippen LogP contribution is -2.52. The number of nitrogens with zero attached hydrogens (tertiary/aromatic N) is 1. The van der Waals surface area contributed by atoms with E-state index in [-0.39, 0.29) is 30.7 Å². The van der Waals surface area contributed by atoms with Gasteiger partial charge in [-0.25, -0.2) is 0 Å². The summed E-state index contributed by atoms with van der Waals surface area (Å²) >= 11 is 4.72. The number of unbranched alkanes of at least 4 members (excludes halogenated alkanes) is 1. The quantitative estimate of drug-likeness (QED) is 0.0513. The summed E-state index contributed by atoms with van der Waals surface area (Å²) in [5, 5.41) is 10.7. The van der Waals surface area contributed by atoms with Gasteiger partial charge >= 0.3 is 0 Å². The van der Waals surface area contributed by atoms with Crippen molar-refractivity contribution < 1.29 is 19.2 Å². The number of likely N-dealkylation sites (N-methyl/N-ethyl adjacent to an activating group) is 1. The summed E-state index contributed by atoms with van der Waals surface area (Å²) in [4.78, 5) is 57.6. The smallest absolute Gasteiger partial charge is 0.242 e. The Morgan fingerprint density at radius 2 is 1.51 bits per heavy atom. The first-order valence-corrected chi connectivity index (χ1v) is 16.4. The molecule has 2 atom stereocenters. The van der Waals surface area contributed by atoms with Crippen molar-refractivity contribution in [2.75, 3.05) is 32.7 Å². The van der Waals surface area contributed by atoms with E-state index in [0.29, 0.717) is 56.5 Å². The van der Waals surface area contributed by atoms with E-state index in [1.807, 2.05) is 52.1 Å². The highest BCUT2D eigenvalue weighted by atomic mass is 32.1. The van der Waals surface area contributed by atoms with Crippen molar-refractivity contribution in [2.24, 2.45) is 22.2 Å². The lowest BCUT2D eigenvalue weighted by atomic mass is 10.1. The Kier molecular flexibility index (Phi) is 28.1. The molecule has 2 rings (SSSR count). The maximum Gasteiger partial charge on any atom is 0.242 e. The lowest BCUT2D eigenvalue weighted by Gasteiger charge is -2.20. The third kappa shape index (κ3) is 26.8. The minimum Gasteiger partial charge on any atom is -0.370 e. The van der Waals surface area contributed by atoms with Crippen LogP contribution < -0.4 is 38.5 Å². The van der Waals surface area contributed by atoms with Crippen molar-refractivity contribution in [1.29, 1.82) is 0 Å². The molecule has 2 unspecified atom stereocenters. The van der Waals surface area contributed by atoms with E-state index in [4.69, 9.17) is 29.4 Å². The number of H-pyrrole nitrogens is 2. The van der Waals surface area contributed by atoms with Crippen molar-refractivity contribution in [3.8, 4) is 0 Å². The molecule has 47 heavy (non-hydrogen) atoms.